The van der Waals surface area contributed by atoms with Crippen molar-refractivity contribution in [2.45, 2.75) is 9.79 Å². The molecule has 0 N–H and O–H groups in total. The summed E-state index contributed by atoms with van der Waals surface area (Å²) in [6.45, 7) is 0.604. The van der Waals surface area contributed by atoms with Crippen LogP contribution in [0.5, 0.6) is 0 Å². The van der Waals surface area contributed by atoms with Gasteiger partial charge in [-0.15, -0.1) is 0 Å². The van der Waals surface area contributed by atoms with E-state index in [1.165, 1.54) is 9.80 Å². The van der Waals surface area contributed by atoms with Crippen molar-refractivity contribution in [1.29, 1.82) is 0 Å². The summed E-state index contributed by atoms with van der Waals surface area (Å²) in [4.78, 5) is 3.55. The minimum absolute atomic E-state index is 0.604. The van der Waals surface area contributed by atoms with Gasteiger partial charge in [-0.1, -0.05) is 53.3 Å². The lowest BCUT2D eigenvalue weighted by molar-refractivity contribution is 0.231. The van der Waals surface area contributed by atoms with Crippen molar-refractivity contribution < 1.29 is 4.74 Å². The van der Waals surface area contributed by atoms with Gasteiger partial charge in [0.25, 0.3) is 0 Å². The summed E-state index contributed by atoms with van der Waals surface area (Å²) in [6.07, 6.45) is 0. The lowest BCUT2D eigenvalue weighted by Gasteiger charge is -2.06. The molecule has 0 saturated heterocycles. The third kappa shape index (κ3) is 5.25. The van der Waals surface area contributed by atoms with Crippen LogP contribution in [0.3, 0.4) is 0 Å². The van der Waals surface area contributed by atoms with Crippen LogP contribution in [0.4, 0.5) is 0 Å². The van der Waals surface area contributed by atoms with Gasteiger partial charge in [0, 0.05) is 26.8 Å². The van der Waals surface area contributed by atoms with E-state index < -0.39 is 0 Å². The Hall–Kier alpha value is -0.870. The molecule has 0 aromatic heterocycles. The summed E-state index contributed by atoms with van der Waals surface area (Å²) in [5.74, 6) is 0. The first kappa shape index (κ1) is 15.5. The van der Waals surface area contributed by atoms with E-state index in [4.69, 9.17) is 16.3 Å². The van der Waals surface area contributed by atoms with Crippen LogP contribution in [-0.4, -0.2) is 13.7 Å². The topological polar surface area (TPSA) is 9.23 Å². The van der Waals surface area contributed by atoms with E-state index in [9.17, 15) is 0 Å². The zero-order chi connectivity index (χ0) is 14.2. The van der Waals surface area contributed by atoms with Gasteiger partial charge >= 0.3 is 0 Å². The second-order valence-electron chi connectivity index (χ2n) is 4.00. The average Bonchev–Trinajstić information content (AvgIpc) is 2.48. The Balaban J connectivity index is 2.04. The first-order valence-corrected chi connectivity index (χ1v) is 8.18. The van der Waals surface area contributed by atoms with Crippen LogP contribution in [0.15, 0.2) is 74.7 Å². The highest BCUT2D eigenvalue weighted by molar-refractivity contribution is 8.06. The van der Waals surface area contributed by atoms with E-state index in [1.807, 2.05) is 42.5 Å². The smallest absolute Gasteiger partial charge is 0.0780 e. The van der Waals surface area contributed by atoms with Crippen LogP contribution < -0.4 is 0 Å². The van der Waals surface area contributed by atoms with Crippen LogP contribution in [0.25, 0.3) is 0 Å². The van der Waals surface area contributed by atoms with E-state index in [0.717, 1.165) is 9.92 Å². The fraction of sp³-hybridized carbons (Fsp3) is 0.125. The van der Waals surface area contributed by atoms with Gasteiger partial charge in [-0.05, 0) is 41.8 Å². The molecule has 20 heavy (non-hydrogen) atoms. The maximum atomic E-state index is 5.90. The van der Waals surface area contributed by atoms with E-state index in [0.29, 0.717) is 6.61 Å². The van der Waals surface area contributed by atoms with Crippen molar-refractivity contribution in [3.05, 3.63) is 69.9 Å². The lowest BCUT2D eigenvalue weighted by Crippen LogP contribution is -1.89. The highest BCUT2D eigenvalue weighted by atomic mass is 35.5. The SMILES string of the molecule is COC/C(=C/Sc1ccccc1)Sc1ccc(Cl)cc1. The van der Waals surface area contributed by atoms with Gasteiger partial charge in [-0.25, -0.2) is 0 Å². The molecule has 2 aromatic carbocycles. The van der Waals surface area contributed by atoms with Gasteiger partial charge in [0.05, 0.1) is 6.61 Å². The van der Waals surface area contributed by atoms with E-state index >= 15 is 0 Å². The number of hydrogen-bond acceptors (Lipinski definition) is 3. The van der Waals surface area contributed by atoms with Gasteiger partial charge < -0.3 is 4.74 Å². The summed E-state index contributed by atoms with van der Waals surface area (Å²) < 4.78 is 5.26. The van der Waals surface area contributed by atoms with Crippen molar-refractivity contribution in [1.82, 2.24) is 0 Å². The summed E-state index contributed by atoms with van der Waals surface area (Å²) in [5.41, 5.74) is 0. The van der Waals surface area contributed by atoms with E-state index in [2.05, 4.69) is 17.5 Å². The Labute approximate surface area is 133 Å². The number of halogens is 1. The van der Waals surface area contributed by atoms with Crippen LogP contribution in [0.2, 0.25) is 5.02 Å². The second kappa shape index (κ2) is 8.42. The van der Waals surface area contributed by atoms with Gasteiger partial charge in [-0.3, -0.25) is 0 Å². The molecule has 2 aromatic rings. The molecule has 0 heterocycles. The number of hydrogen-bond donors (Lipinski definition) is 0. The molecule has 4 heteroatoms. The summed E-state index contributed by atoms with van der Waals surface area (Å²) in [5, 5.41) is 2.89. The fourth-order valence-electron chi connectivity index (χ4n) is 1.52. The third-order valence-electron chi connectivity index (χ3n) is 2.42. The molecule has 0 spiro atoms. The first-order valence-electron chi connectivity index (χ1n) is 6.11. The molecule has 1 nitrogen and oxygen atoms in total. The van der Waals surface area contributed by atoms with E-state index in [-0.39, 0.29) is 0 Å². The number of thioether (sulfide) groups is 2. The number of methoxy groups -OCH3 is 1. The monoisotopic (exact) mass is 322 g/mol. The summed E-state index contributed by atoms with van der Waals surface area (Å²) in [6, 6.07) is 18.1. The zero-order valence-corrected chi connectivity index (χ0v) is 13.5. The maximum absolute atomic E-state index is 5.90. The summed E-state index contributed by atoms with van der Waals surface area (Å²) >= 11 is 9.30. The number of rotatable bonds is 6. The zero-order valence-electron chi connectivity index (χ0n) is 11.1. The Morgan fingerprint density at radius 1 is 1.05 bits per heavy atom. The minimum Gasteiger partial charge on any atom is -0.379 e. The molecular weight excluding hydrogens is 308 g/mol. The molecular formula is C16H15ClOS2. The molecule has 0 atom stereocenters. The number of benzene rings is 2. The molecule has 0 unspecified atom stereocenters. The molecule has 0 saturated carbocycles. The molecule has 0 amide bonds. The lowest BCUT2D eigenvalue weighted by atomic mass is 10.4. The molecule has 2 rings (SSSR count). The molecule has 0 radical (unpaired) electrons. The maximum Gasteiger partial charge on any atom is 0.0780 e. The van der Waals surface area contributed by atoms with Crippen LogP contribution >= 0.6 is 35.1 Å². The van der Waals surface area contributed by atoms with Crippen molar-refractivity contribution >= 4 is 35.1 Å². The molecule has 0 aliphatic rings. The van der Waals surface area contributed by atoms with Crippen molar-refractivity contribution in [3.63, 3.8) is 0 Å². The second-order valence-corrected chi connectivity index (χ2v) is 6.58. The van der Waals surface area contributed by atoms with Crippen molar-refractivity contribution in [3.8, 4) is 0 Å². The molecule has 0 bridgehead atoms. The third-order valence-corrected chi connectivity index (χ3v) is 4.77. The van der Waals surface area contributed by atoms with Crippen LogP contribution in [-0.2, 0) is 4.74 Å². The van der Waals surface area contributed by atoms with Gasteiger partial charge in [0.1, 0.15) is 0 Å². The van der Waals surface area contributed by atoms with Crippen molar-refractivity contribution in [2.24, 2.45) is 0 Å². The fourth-order valence-corrected chi connectivity index (χ4v) is 3.38. The van der Waals surface area contributed by atoms with Gasteiger partial charge in [-0.2, -0.15) is 0 Å². The normalized spacial score (nSPS) is 11.6. The van der Waals surface area contributed by atoms with E-state index in [1.54, 1.807) is 30.6 Å². The summed E-state index contributed by atoms with van der Waals surface area (Å²) in [7, 11) is 1.71. The predicted octanol–water partition coefficient (Wildman–Crippen LogP) is 5.71. The van der Waals surface area contributed by atoms with Crippen molar-refractivity contribution in [2.75, 3.05) is 13.7 Å². The van der Waals surface area contributed by atoms with Gasteiger partial charge in [0.2, 0.25) is 0 Å². The largest absolute Gasteiger partial charge is 0.379 e. The number of ether oxygens (including phenoxy) is 1. The Morgan fingerprint density at radius 2 is 1.75 bits per heavy atom. The quantitative estimate of drug-likeness (QED) is 0.630. The van der Waals surface area contributed by atoms with Crippen LogP contribution in [0, 0.1) is 0 Å². The highest BCUT2D eigenvalue weighted by Crippen LogP contribution is 2.31. The first-order chi connectivity index (χ1) is 9.78. The molecule has 104 valence electrons. The highest BCUT2D eigenvalue weighted by Gasteiger charge is 2.02. The Kier molecular flexibility index (Phi) is 6.54. The molecule has 0 fully saturated rings. The average molecular weight is 323 g/mol. The van der Waals surface area contributed by atoms with Crippen LogP contribution in [0.1, 0.15) is 0 Å². The standard InChI is InChI=1S/C16H15ClOS2/c1-18-11-16(12-19-14-5-3-2-4-6-14)20-15-9-7-13(17)8-10-15/h2-10,12H,11H2,1H3/b16-12-. The minimum atomic E-state index is 0.604. The molecule has 0 aliphatic carbocycles. The Morgan fingerprint density at radius 3 is 2.40 bits per heavy atom. The Bertz CT molecular complexity index is 552. The molecule has 0 aliphatic heterocycles. The predicted molar refractivity (Wildman–Crippen MR) is 89.6 cm³/mol. The van der Waals surface area contributed by atoms with Gasteiger partial charge in [0.15, 0.2) is 0 Å².